The lowest BCUT2D eigenvalue weighted by Crippen LogP contribution is -2.16. The van der Waals surface area contributed by atoms with Crippen molar-refractivity contribution in [2.24, 2.45) is 5.92 Å². The highest BCUT2D eigenvalue weighted by Crippen LogP contribution is 2.33. The van der Waals surface area contributed by atoms with Gasteiger partial charge in [0.2, 0.25) is 5.13 Å². The smallest absolute Gasteiger partial charge is 0.258 e. The summed E-state index contributed by atoms with van der Waals surface area (Å²) in [6, 6.07) is 0. The maximum Gasteiger partial charge on any atom is 0.258 e. The SMILES string of the molecule is CC(=O)Cc1nsc(NC(=O)c2csc3c2CCC(C)C3)n1. The Kier molecular flexibility index (Phi) is 4.35. The van der Waals surface area contributed by atoms with E-state index in [1.807, 2.05) is 5.38 Å². The van der Waals surface area contributed by atoms with E-state index in [0.29, 0.717) is 16.9 Å². The van der Waals surface area contributed by atoms with Gasteiger partial charge in [0.15, 0.2) is 5.82 Å². The molecular weight excluding hydrogens is 318 g/mol. The Morgan fingerprint density at radius 1 is 1.45 bits per heavy atom. The van der Waals surface area contributed by atoms with Gasteiger partial charge in [-0.15, -0.1) is 11.3 Å². The molecule has 116 valence electrons. The highest BCUT2D eigenvalue weighted by molar-refractivity contribution is 7.10. The number of carbonyl (C=O) groups is 2. The van der Waals surface area contributed by atoms with Gasteiger partial charge in [-0.05, 0) is 37.7 Å². The molecule has 2 heterocycles. The highest BCUT2D eigenvalue weighted by Gasteiger charge is 2.23. The number of Topliss-reactive ketones (excluding diaryl/α,β-unsaturated/α-hetero) is 1. The zero-order valence-electron chi connectivity index (χ0n) is 12.5. The molecule has 0 spiro atoms. The van der Waals surface area contributed by atoms with E-state index in [9.17, 15) is 9.59 Å². The maximum atomic E-state index is 12.4. The van der Waals surface area contributed by atoms with Crippen LogP contribution in [0.2, 0.25) is 0 Å². The summed E-state index contributed by atoms with van der Waals surface area (Å²) in [6.45, 7) is 3.75. The molecule has 1 N–H and O–H groups in total. The average Bonchev–Trinajstić information content (AvgIpc) is 3.04. The van der Waals surface area contributed by atoms with Crippen LogP contribution in [0.3, 0.4) is 0 Å². The number of hydrogen-bond donors (Lipinski definition) is 1. The second kappa shape index (κ2) is 6.26. The maximum absolute atomic E-state index is 12.4. The van der Waals surface area contributed by atoms with Crippen molar-refractivity contribution in [2.75, 3.05) is 5.32 Å². The van der Waals surface area contributed by atoms with Crippen molar-refractivity contribution in [3.8, 4) is 0 Å². The number of nitrogens with one attached hydrogen (secondary N) is 1. The van der Waals surface area contributed by atoms with Gasteiger partial charge in [0.1, 0.15) is 5.78 Å². The number of rotatable bonds is 4. The summed E-state index contributed by atoms with van der Waals surface area (Å²) in [6.07, 6.45) is 3.37. The van der Waals surface area contributed by atoms with Crippen LogP contribution in [0.25, 0.3) is 0 Å². The molecule has 0 aromatic carbocycles. The van der Waals surface area contributed by atoms with Crippen LogP contribution in [0, 0.1) is 5.92 Å². The van der Waals surface area contributed by atoms with Crippen LogP contribution >= 0.6 is 22.9 Å². The van der Waals surface area contributed by atoms with Gasteiger partial charge in [-0.1, -0.05) is 6.92 Å². The largest absolute Gasteiger partial charge is 0.300 e. The molecule has 1 aliphatic carbocycles. The summed E-state index contributed by atoms with van der Waals surface area (Å²) in [5.74, 6) is 1.04. The zero-order chi connectivity index (χ0) is 15.7. The van der Waals surface area contributed by atoms with E-state index in [1.54, 1.807) is 11.3 Å². The molecule has 5 nitrogen and oxygen atoms in total. The van der Waals surface area contributed by atoms with E-state index < -0.39 is 0 Å². The summed E-state index contributed by atoms with van der Waals surface area (Å²) in [5, 5.41) is 5.19. The van der Waals surface area contributed by atoms with Crippen molar-refractivity contribution in [3.63, 3.8) is 0 Å². The van der Waals surface area contributed by atoms with E-state index >= 15 is 0 Å². The summed E-state index contributed by atoms with van der Waals surface area (Å²) < 4.78 is 4.09. The van der Waals surface area contributed by atoms with Crippen LogP contribution in [-0.4, -0.2) is 21.0 Å². The van der Waals surface area contributed by atoms with Crippen LogP contribution in [0.1, 0.15) is 46.9 Å². The number of fused-ring (bicyclic) bond motifs is 1. The monoisotopic (exact) mass is 335 g/mol. The molecule has 22 heavy (non-hydrogen) atoms. The predicted octanol–water partition coefficient (Wildman–Crippen LogP) is 3.11. The minimum Gasteiger partial charge on any atom is -0.300 e. The average molecular weight is 335 g/mol. The first-order valence-electron chi connectivity index (χ1n) is 7.25. The first-order valence-corrected chi connectivity index (χ1v) is 8.91. The van der Waals surface area contributed by atoms with Gasteiger partial charge in [0.25, 0.3) is 5.91 Å². The molecule has 7 heteroatoms. The molecule has 3 rings (SSSR count). The fourth-order valence-corrected chi connectivity index (χ4v) is 4.46. The van der Waals surface area contributed by atoms with Crippen LogP contribution in [0.15, 0.2) is 5.38 Å². The first-order chi connectivity index (χ1) is 10.5. The quantitative estimate of drug-likeness (QED) is 0.932. The van der Waals surface area contributed by atoms with Gasteiger partial charge in [-0.2, -0.15) is 4.37 Å². The van der Waals surface area contributed by atoms with Gasteiger partial charge < -0.3 is 0 Å². The number of thiophene rings is 1. The Morgan fingerprint density at radius 2 is 2.27 bits per heavy atom. The molecular formula is C15H17N3O2S2. The molecule has 2 aromatic rings. The van der Waals surface area contributed by atoms with Crippen LogP contribution < -0.4 is 5.32 Å². The lowest BCUT2D eigenvalue weighted by molar-refractivity contribution is -0.116. The van der Waals surface area contributed by atoms with E-state index in [-0.39, 0.29) is 18.1 Å². The number of anilines is 1. The van der Waals surface area contributed by atoms with Crippen molar-refractivity contribution >= 4 is 39.7 Å². The van der Waals surface area contributed by atoms with Crippen molar-refractivity contribution in [1.29, 1.82) is 0 Å². The van der Waals surface area contributed by atoms with Crippen molar-refractivity contribution in [2.45, 2.75) is 39.5 Å². The summed E-state index contributed by atoms with van der Waals surface area (Å²) in [5.41, 5.74) is 1.95. The second-order valence-corrected chi connectivity index (χ2v) is 7.46. The third-order valence-electron chi connectivity index (χ3n) is 3.74. The van der Waals surface area contributed by atoms with Crippen molar-refractivity contribution in [1.82, 2.24) is 9.36 Å². The number of nitrogens with zero attached hydrogens (tertiary/aromatic N) is 2. The molecule has 1 amide bonds. The number of carbonyl (C=O) groups excluding carboxylic acids is 2. The second-order valence-electron chi connectivity index (χ2n) is 5.75. The molecule has 1 unspecified atom stereocenters. The molecule has 0 radical (unpaired) electrons. The third kappa shape index (κ3) is 3.25. The normalized spacial score (nSPS) is 17.1. The summed E-state index contributed by atoms with van der Waals surface area (Å²) in [4.78, 5) is 29.0. The van der Waals surface area contributed by atoms with Gasteiger partial charge in [0.05, 0.1) is 12.0 Å². The van der Waals surface area contributed by atoms with Gasteiger partial charge in [-0.25, -0.2) is 4.98 Å². The fourth-order valence-electron chi connectivity index (χ4n) is 2.63. The Bertz CT molecular complexity index is 720. The van der Waals surface area contributed by atoms with Crippen molar-refractivity contribution < 1.29 is 9.59 Å². The van der Waals surface area contributed by atoms with Crippen LogP contribution in [0.4, 0.5) is 5.13 Å². The van der Waals surface area contributed by atoms with Gasteiger partial charge in [-0.3, -0.25) is 14.9 Å². The van der Waals surface area contributed by atoms with Crippen LogP contribution in [-0.2, 0) is 24.1 Å². The number of ketones is 1. The molecule has 0 aliphatic heterocycles. The molecule has 1 atom stereocenters. The molecule has 0 fully saturated rings. The number of amides is 1. The zero-order valence-corrected chi connectivity index (χ0v) is 14.1. The minimum absolute atomic E-state index is 0.0108. The molecule has 0 saturated heterocycles. The lowest BCUT2D eigenvalue weighted by Gasteiger charge is -2.18. The predicted molar refractivity (Wildman–Crippen MR) is 87.8 cm³/mol. The standard InChI is InChI=1S/C15H17N3O2S2/c1-8-3-4-10-11(7-21-12(10)5-8)14(20)17-15-16-13(18-22-15)6-9(2)19/h7-8H,3-6H2,1-2H3,(H,16,17,18,20). The van der Waals surface area contributed by atoms with Gasteiger partial charge in [0, 0.05) is 21.8 Å². The van der Waals surface area contributed by atoms with Gasteiger partial charge >= 0.3 is 0 Å². The minimum atomic E-state index is -0.127. The Hall–Kier alpha value is -1.60. The lowest BCUT2D eigenvalue weighted by atomic mass is 9.88. The van der Waals surface area contributed by atoms with Crippen molar-refractivity contribution in [3.05, 3.63) is 27.2 Å². The Labute approximate surface area is 137 Å². The first kappa shape index (κ1) is 15.3. The van der Waals surface area contributed by atoms with E-state index in [2.05, 4.69) is 21.6 Å². The number of hydrogen-bond acceptors (Lipinski definition) is 6. The van der Waals surface area contributed by atoms with E-state index in [0.717, 1.165) is 36.4 Å². The highest BCUT2D eigenvalue weighted by atomic mass is 32.1. The van der Waals surface area contributed by atoms with Crippen LogP contribution in [0.5, 0.6) is 0 Å². The number of aromatic nitrogens is 2. The molecule has 2 aromatic heterocycles. The Balaban J connectivity index is 1.72. The topological polar surface area (TPSA) is 72.0 Å². The molecule has 0 saturated carbocycles. The third-order valence-corrected chi connectivity index (χ3v) is 5.46. The Morgan fingerprint density at radius 3 is 3.05 bits per heavy atom. The van der Waals surface area contributed by atoms with E-state index in [1.165, 1.54) is 17.4 Å². The van der Waals surface area contributed by atoms with E-state index in [4.69, 9.17) is 0 Å². The fraction of sp³-hybridized carbons (Fsp3) is 0.467. The molecule has 0 bridgehead atoms. The summed E-state index contributed by atoms with van der Waals surface area (Å²) >= 11 is 2.78. The summed E-state index contributed by atoms with van der Waals surface area (Å²) in [7, 11) is 0. The molecule has 1 aliphatic rings.